The normalized spacial score (nSPS) is 19.4. The molecule has 3 heterocycles. The van der Waals surface area contributed by atoms with Crippen molar-refractivity contribution in [3.05, 3.63) is 51.2 Å². The number of hydrogen-bond acceptors (Lipinski definition) is 4. The standard InChI is InChI=1S/C21H24N2O3S/c1-14-13-26-18-7-6-16(20(24)22-9-3-4-10-22)11-17(18)12-23(14)21(25)19-8-5-15(2)27-19/h5-8,11,14H,3-4,9-10,12-13H2,1-2H3. The van der Waals surface area contributed by atoms with Gasteiger partial charge in [-0.2, -0.15) is 0 Å². The number of rotatable bonds is 2. The number of fused-ring (bicyclic) bond motifs is 1. The van der Waals surface area contributed by atoms with E-state index in [2.05, 4.69) is 0 Å². The summed E-state index contributed by atoms with van der Waals surface area (Å²) in [7, 11) is 0. The minimum absolute atomic E-state index is 0.0216. The summed E-state index contributed by atoms with van der Waals surface area (Å²) in [6.07, 6.45) is 2.14. The first-order valence-electron chi connectivity index (χ1n) is 9.45. The molecular formula is C21H24N2O3S. The van der Waals surface area contributed by atoms with Gasteiger partial charge in [0.25, 0.3) is 11.8 Å². The molecule has 0 bridgehead atoms. The zero-order valence-corrected chi connectivity index (χ0v) is 16.6. The number of hydrogen-bond donors (Lipinski definition) is 0. The van der Waals surface area contributed by atoms with Crippen LogP contribution in [-0.4, -0.2) is 47.4 Å². The first-order chi connectivity index (χ1) is 13.0. The number of thiophene rings is 1. The Bertz CT molecular complexity index is 870. The molecule has 142 valence electrons. The Morgan fingerprint density at radius 1 is 1.11 bits per heavy atom. The Balaban J connectivity index is 1.61. The maximum absolute atomic E-state index is 13.0. The highest BCUT2D eigenvalue weighted by atomic mass is 32.1. The predicted molar refractivity (Wildman–Crippen MR) is 105 cm³/mol. The highest BCUT2D eigenvalue weighted by molar-refractivity contribution is 7.13. The molecule has 0 N–H and O–H groups in total. The Morgan fingerprint density at radius 2 is 1.89 bits per heavy atom. The first kappa shape index (κ1) is 18.0. The molecule has 2 aliphatic rings. The average molecular weight is 385 g/mol. The van der Waals surface area contributed by atoms with Crippen molar-refractivity contribution in [2.75, 3.05) is 19.7 Å². The van der Waals surface area contributed by atoms with Gasteiger partial charge < -0.3 is 14.5 Å². The van der Waals surface area contributed by atoms with Crippen LogP contribution in [0.5, 0.6) is 5.75 Å². The van der Waals surface area contributed by atoms with Crippen LogP contribution < -0.4 is 4.74 Å². The van der Waals surface area contributed by atoms with E-state index < -0.39 is 0 Å². The van der Waals surface area contributed by atoms with E-state index in [9.17, 15) is 9.59 Å². The first-order valence-corrected chi connectivity index (χ1v) is 10.3. The minimum atomic E-state index is -0.0370. The maximum Gasteiger partial charge on any atom is 0.264 e. The lowest BCUT2D eigenvalue weighted by atomic mass is 10.1. The van der Waals surface area contributed by atoms with Gasteiger partial charge in [-0.15, -0.1) is 11.3 Å². The number of carbonyl (C=O) groups excluding carboxylic acids is 2. The lowest BCUT2D eigenvalue weighted by molar-refractivity contribution is 0.0650. The molecule has 27 heavy (non-hydrogen) atoms. The fraction of sp³-hybridized carbons (Fsp3) is 0.429. The summed E-state index contributed by atoms with van der Waals surface area (Å²) in [6, 6.07) is 9.42. The molecule has 4 rings (SSSR count). The largest absolute Gasteiger partial charge is 0.491 e. The van der Waals surface area contributed by atoms with Crippen LogP contribution in [-0.2, 0) is 6.54 Å². The molecule has 2 aliphatic heterocycles. The third-order valence-corrected chi connectivity index (χ3v) is 6.25. The smallest absolute Gasteiger partial charge is 0.264 e. The van der Waals surface area contributed by atoms with Crippen molar-refractivity contribution >= 4 is 23.2 Å². The Hall–Kier alpha value is -2.34. The van der Waals surface area contributed by atoms with Crippen LogP contribution in [0.25, 0.3) is 0 Å². The third-order valence-electron chi connectivity index (χ3n) is 5.27. The molecule has 0 spiro atoms. The Labute approximate surface area is 163 Å². The predicted octanol–water partition coefficient (Wildman–Crippen LogP) is 3.72. The van der Waals surface area contributed by atoms with Crippen LogP contribution in [0.4, 0.5) is 0 Å². The second kappa shape index (κ2) is 7.35. The zero-order valence-electron chi connectivity index (χ0n) is 15.7. The molecule has 0 radical (unpaired) electrons. The summed E-state index contributed by atoms with van der Waals surface area (Å²) in [5.41, 5.74) is 1.57. The molecule has 6 heteroatoms. The van der Waals surface area contributed by atoms with E-state index >= 15 is 0 Å². The SMILES string of the molecule is Cc1ccc(C(=O)N2Cc3cc(C(=O)N4CCCC4)ccc3OCC2C)s1. The number of aryl methyl sites for hydroxylation is 1. The third kappa shape index (κ3) is 3.58. The van der Waals surface area contributed by atoms with Gasteiger partial charge in [0, 0.05) is 29.1 Å². The second-order valence-electron chi connectivity index (χ2n) is 7.33. The van der Waals surface area contributed by atoms with Crippen LogP contribution in [0.2, 0.25) is 0 Å². The van der Waals surface area contributed by atoms with Gasteiger partial charge in [0.05, 0.1) is 17.5 Å². The van der Waals surface area contributed by atoms with Gasteiger partial charge in [0.1, 0.15) is 12.4 Å². The topological polar surface area (TPSA) is 49.9 Å². The fourth-order valence-electron chi connectivity index (χ4n) is 3.68. The summed E-state index contributed by atoms with van der Waals surface area (Å²) in [6.45, 7) is 6.55. The number of nitrogens with zero attached hydrogens (tertiary/aromatic N) is 2. The van der Waals surface area contributed by atoms with Crippen molar-refractivity contribution in [2.24, 2.45) is 0 Å². The molecule has 0 aliphatic carbocycles. The van der Waals surface area contributed by atoms with Crippen LogP contribution >= 0.6 is 11.3 Å². The van der Waals surface area contributed by atoms with Gasteiger partial charge in [0.15, 0.2) is 0 Å². The van der Waals surface area contributed by atoms with Crippen LogP contribution in [0.3, 0.4) is 0 Å². The highest BCUT2D eigenvalue weighted by Crippen LogP contribution is 2.29. The van der Waals surface area contributed by atoms with Gasteiger partial charge >= 0.3 is 0 Å². The van der Waals surface area contributed by atoms with Crippen LogP contribution in [0.1, 0.15) is 50.2 Å². The summed E-state index contributed by atoms with van der Waals surface area (Å²) in [5, 5.41) is 0. The van der Waals surface area contributed by atoms with Crippen molar-refractivity contribution in [2.45, 2.75) is 39.3 Å². The van der Waals surface area contributed by atoms with Gasteiger partial charge in [-0.3, -0.25) is 9.59 Å². The van der Waals surface area contributed by atoms with E-state index in [1.165, 1.54) is 11.3 Å². The zero-order chi connectivity index (χ0) is 19.0. The van der Waals surface area contributed by atoms with Crippen molar-refractivity contribution in [1.82, 2.24) is 9.80 Å². The van der Waals surface area contributed by atoms with Gasteiger partial charge in [-0.25, -0.2) is 0 Å². The molecule has 1 atom stereocenters. The van der Waals surface area contributed by atoms with E-state index in [1.54, 1.807) is 0 Å². The molecule has 1 saturated heterocycles. The second-order valence-corrected chi connectivity index (χ2v) is 8.61. The van der Waals surface area contributed by atoms with E-state index in [1.807, 2.05) is 54.0 Å². The number of ether oxygens (including phenoxy) is 1. The van der Waals surface area contributed by atoms with E-state index in [0.29, 0.717) is 18.7 Å². The molecule has 1 fully saturated rings. The number of amides is 2. The lowest BCUT2D eigenvalue weighted by Crippen LogP contribution is -2.39. The highest BCUT2D eigenvalue weighted by Gasteiger charge is 2.28. The molecule has 2 aromatic rings. The summed E-state index contributed by atoms with van der Waals surface area (Å²) >= 11 is 1.51. The number of carbonyl (C=O) groups is 2. The molecular weight excluding hydrogens is 360 g/mol. The van der Waals surface area contributed by atoms with Crippen LogP contribution in [0, 0.1) is 6.92 Å². The molecule has 5 nitrogen and oxygen atoms in total. The summed E-state index contributed by atoms with van der Waals surface area (Å²) in [4.78, 5) is 31.4. The van der Waals surface area contributed by atoms with Crippen molar-refractivity contribution in [3.8, 4) is 5.75 Å². The summed E-state index contributed by atoms with van der Waals surface area (Å²) < 4.78 is 5.93. The molecule has 1 aromatic heterocycles. The van der Waals surface area contributed by atoms with E-state index in [-0.39, 0.29) is 17.9 Å². The molecule has 1 aromatic carbocycles. The van der Waals surface area contributed by atoms with Crippen molar-refractivity contribution in [3.63, 3.8) is 0 Å². The van der Waals surface area contributed by atoms with Crippen molar-refractivity contribution in [1.29, 1.82) is 0 Å². The van der Waals surface area contributed by atoms with Gasteiger partial charge in [-0.1, -0.05) is 0 Å². The quantitative estimate of drug-likeness (QED) is 0.793. The Morgan fingerprint density at radius 3 is 2.59 bits per heavy atom. The van der Waals surface area contributed by atoms with Crippen molar-refractivity contribution < 1.29 is 14.3 Å². The monoisotopic (exact) mass is 384 g/mol. The Kier molecular flexibility index (Phi) is 4.91. The van der Waals surface area contributed by atoms with Gasteiger partial charge in [-0.05, 0) is 57.0 Å². The maximum atomic E-state index is 13.0. The number of likely N-dealkylation sites (tertiary alicyclic amines) is 1. The van der Waals surface area contributed by atoms with Crippen LogP contribution in [0.15, 0.2) is 30.3 Å². The molecule has 2 amide bonds. The minimum Gasteiger partial charge on any atom is -0.491 e. The lowest BCUT2D eigenvalue weighted by Gasteiger charge is -2.26. The molecule has 1 unspecified atom stereocenters. The van der Waals surface area contributed by atoms with E-state index in [0.717, 1.165) is 47.0 Å². The van der Waals surface area contributed by atoms with Gasteiger partial charge in [0.2, 0.25) is 0 Å². The van der Waals surface area contributed by atoms with E-state index in [4.69, 9.17) is 4.74 Å². The average Bonchev–Trinajstić information content (AvgIpc) is 3.32. The summed E-state index contributed by atoms with van der Waals surface area (Å²) in [5.74, 6) is 0.852. The molecule has 0 saturated carbocycles. The number of benzene rings is 1. The fourth-order valence-corrected chi connectivity index (χ4v) is 4.51.